The monoisotopic (exact) mass is 472 g/mol. The van der Waals surface area contributed by atoms with Crippen molar-refractivity contribution in [3.63, 3.8) is 0 Å². The normalized spacial score (nSPS) is 11.4. The van der Waals surface area contributed by atoms with Crippen molar-refractivity contribution in [3.8, 4) is 5.75 Å². The van der Waals surface area contributed by atoms with Gasteiger partial charge in [0.1, 0.15) is 5.75 Å². The van der Waals surface area contributed by atoms with Crippen molar-refractivity contribution >= 4 is 50.7 Å². The Morgan fingerprint density at radius 1 is 0.966 bits per heavy atom. The van der Waals surface area contributed by atoms with Crippen LogP contribution in [0.5, 0.6) is 5.75 Å². The van der Waals surface area contributed by atoms with Gasteiger partial charge in [-0.2, -0.15) is 0 Å². The Morgan fingerprint density at radius 2 is 1.66 bits per heavy atom. The lowest BCUT2D eigenvalue weighted by Crippen LogP contribution is -2.31. The van der Waals surface area contributed by atoms with Crippen LogP contribution in [0.3, 0.4) is 0 Å². The van der Waals surface area contributed by atoms with Crippen LogP contribution in [0.4, 0.5) is 11.4 Å². The van der Waals surface area contributed by atoms with Crippen LogP contribution in [0.1, 0.15) is 17.3 Å². The van der Waals surface area contributed by atoms with Crippen molar-refractivity contribution in [1.29, 1.82) is 0 Å². The summed E-state index contributed by atoms with van der Waals surface area (Å²) in [5, 5.41) is 6.13. The Labute approximate surface area is 182 Å². The Morgan fingerprint density at radius 3 is 2.38 bits per heavy atom. The van der Waals surface area contributed by atoms with Crippen LogP contribution >= 0.6 is 27.5 Å². The highest BCUT2D eigenvalue weighted by Crippen LogP contribution is 2.29. The van der Waals surface area contributed by atoms with Crippen LogP contribution < -0.4 is 15.4 Å². The number of carbonyl (C=O) groups excluding carboxylic acids is 2. The minimum atomic E-state index is -0.794. The molecule has 7 heteroatoms. The molecule has 3 aromatic carbocycles. The lowest BCUT2D eigenvalue weighted by atomic mass is 10.1. The third-order valence-electron chi connectivity index (χ3n) is 4.03. The largest absolute Gasteiger partial charge is 0.480 e. The van der Waals surface area contributed by atoms with Gasteiger partial charge in [-0.25, -0.2) is 0 Å². The molecule has 0 saturated carbocycles. The van der Waals surface area contributed by atoms with Gasteiger partial charge in [0.25, 0.3) is 11.8 Å². The average Bonchev–Trinajstić information content (AvgIpc) is 2.71. The van der Waals surface area contributed by atoms with E-state index in [0.29, 0.717) is 32.2 Å². The van der Waals surface area contributed by atoms with Crippen molar-refractivity contribution in [1.82, 2.24) is 0 Å². The number of rotatable bonds is 6. The molecule has 0 heterocycles. The molecule has 0 radical (unpaired) electrons. The molecule has 29 heavy (non-hydrogen) atoms. The fourth-order valence-corrected chi connectivity index (χ4v) is 3.34. The van der Waals surface area contributed by atoms with E-state index in [9.17, 15) is 9.59 Å². The number of halogens is 2. The second-order valence-electron chi connectivity index (χ2n) is 6.19. The maximum absolute atomic E-state index is 12.6. The van der Waals surface area contributed by atoms with Gasteiger partial charge in [0, 0.05) is 10.7 Å². The van der Waals surface area contributed by atoms with Crippen molar-refractivity contribution in [2.45, 2.75) is 13.0 Å². The van der Waals surface area contributed by atoms with Gasteiger partial charge in [0.05, 0.1) is 15.7 Å². The van der Waals surface area contributed by atoms with E-state index in [1.807, 2.05) is 18.2 Å². The first-order chi connectivity index (χ1) is 13.9. The molecule has 5 nitrogen and oxygen atoms in total. The molecule has 0 spiro atoms. The molecule has 1 atom stereocenters. The van der Waals surface area contributed by atoms with Crippen molar-refractivity contribution in [2.75, 3.05) is 10.6 Å². The van der Waals surface area contributed by atoms with E-state index in [1.54, 1.807) is 61.5 Å². The summed E-state index contributed by atoms with van der Waals surface area (Å²) < 4.78 is 6.36. The van der Waals surface area contributed by atoms with Gasteiger partial charge in [-0.3, -0.25) is 9.59 Å². The molecule has 3 rings (SSSR count). The number of ether oxygens (including phenoxy) is 1. The van der Waals surface area contributed by atoms with E-state index in [0.717, 1.165) is 0 Å². The zero-order chi connectivity index (χ0) is 20.8. The molecule has 0 bridgehead atoms. The molecule has 2 amide bonds. The molecule has 0 fully saturated rings. The van der Waals surface area contributed by atoms with Crippen molar-refractivity contribution < 1.29 is 14.3 Å². The molecule has 3 aromatic rings. The smallest absolute Gasteiger partial charge is 0.265 e. The highest BCUT2D eigenvalue weighted by molar-refractivity contribution is 9.10. The number of carbonyl (C=O) groups is 2. The van der Waals surface area contributed by atoms with E-state index >= 15 is 0 Å². The summed E-state index contributed by atoms with van der Waals surface area (Å²) in [6.45, 7) is 1.63. The highest BCUT2D eigenvalue weighted by atomic mass is 79.9. The summed E-state index contributed by atoms with van der Waals surface area (Å²) in [6.07, 6.45) is -0.794. The van der Waals surface area contributed by atoms with Gasteiger partial charge in [-0.15, -0.1) is 0 Å². The summed E-state index contributed by atoms with van der Waals surface area (Å²) in [6, 6.07) is 20.9. The lowest BCUT2D eigenvalue weighted by molar-refractivity contribution is -0.122. The number of anilines is 2. The molecule has 0 aromatic heterocycles. The standard InChI is InChI=1S/C22H18BrClN2O3/c1-14(29-20-12-11-15(24)13-18(20)23)21(27)26-19-10-6-5-9-17(19)22(28)25-16-7-3-2-4-8-16/h2-14H,1H3,(H,25,28)(H,26,27). The zero-order valence-corrected chi connectivity index (χ0v) is 17.8. The van der Waals surface area contributed by atoms with Crippen LogP contribution in [0.2, 0.25) is 5.02 Å². The van der Waals surface area contributed by atoms with E-state index in [-0.39, 0.29) is 11.8 Å². The minimum Gasteiger partial charge on any atom is -0.480 e. The molecule has 1 unspecified atom stereocenters. The molecule has 148 valence electrons. The maximum atomic E-state index is 12.6. The Kier molecular flexibility index (Phi) is 6.90. The molecule has 0 aliphatic carbocycles. The van der Waals surface area contributed by atoms with E-state index < -0.39 is 6.10 Å². The van der Waals surface area contributed by atoms with Crippen LogP contribution in [-0.4, -0.2) is 17.9 Å². The Bertz CT molecular complexity index is 1030. The van der Waals surface area contributed by atoms with Crippen molar-refractivity contribution in [2.24, 2.45) is 0 Å². The predicted octanol–water partition coefficient (Wildman–Crippen LogP) is 5.76. The first-order valence-corrected chi connectivity index (χ1v) is 9.99. The summed E-state index contributed by atoms with van der Waals surface area (Å²) in [5.74, 6) is -0.208. The Balaban J connectivity index is 1.71. The highest BCUT2D eigenvalue weighted by Gasteiger charge is 2.19. The Hall–Kier alpha value is -2.83. The summed E-state index contributed by atoms with van der Waals surface area (Å²) >= 11 is 9.29. The third-order valence-corrected chi connectivity index (χ3v) is 4.88. The topological polar surface area (TPSA) is 67.4 Å². The second kappa shape index (κ2) is 9.58. The second-order valence-corrected chi connectivity index (χ2v) is 7.48. The van der Waals surface area contributed by atoms with Gasteiger partial charge in [0.2, 0.25) is 0 Å². The fourth-order valence-electron chi connectivity index (χ4n) is 2.56. The zero-order valence-electron chi connectivity index (χ0n) is 15.5. The average molecular weight is 474 g/mol. The van der Waals surface area contributed by atoms with Gasteiger partial charge >= 0.3 is 0 Å². The van der Waals surface area contributed by atoms with E-state index in [4.69, 9.17) is 16.3 Å². The quantitative estimate of drug-likeness (QED) is 0.478. The van der Waals surface area contributed by atoms with Gasteiger partial charge in [0.15, 0.2) is 6.10 Å². The lowest BCUT2D eigenvalue weighted by Gasteiger charge is -2.17. The van der Waals surface area contributed by atoms with Crippen LogP contribution in [0, 0.1) is 0 Å². The number of amides is 2. The SMILES string of the molecule is CC(Oc1ccc(Cl)cc1Br)C(=O)Nc1ccccc1C(=O)Nc1ccccc1. The maximum Gasteiger partial charge on any atom is 0.265 e. The number of nitrogens with one attached hydrogen (secondary N) is 2. The van der Waals surface area contributed by atoms with Crippen LogP contribution in [-0.2, 0) is 4.79 Å². The van der Waals surface area contributed by atoms with Crippen LogP contribution in [0.25, 0.3) is 0 Å². The van der Waals surface area contributed by atoms with Crippen molar-refractivity contribution in [3.05, 3.63) is 87.9 Å². The number of hydrogen-bond donors (Lipinski definition) is 2. The molecular weight excluding hydrogens is 456 g/mol. The third kappa shape index (κ3) is 5.59. The molecule has 0 aliphatic rings. The molecular formula is C22H18BrClN2O3. The summed E-state index contributed by atoms with van der Waals surface area (Å²) in [7, 11) is 0. The number of benzene rings is 3. The summed E-state index contributed by atoms with van der Waals surface area (Å²) in [4.78, 5) is 25.3. The number of para-hydroxylation sites is 2. The summed E-state index contributed by atoms with van der Waals surface area (Å²) in [5.41, 5.74) is 1.42. The number of hydrogen-bond acceptors (Lipinski definition) is 3. The first kappa shape index (κ1) is 20.9. The fraction of sp³-hybridized carbons (Fsp3) is 0.0909. The predicted molar refractivity (Wildman–Crippen MR) is 119 cm³/mol. The molecule has 0 aliphatic heterocycles. The van der Waals surface area contributed by atoms with E-state index in [1.165, 1.54) is 0 Å². The van der Waals surface area contributed by atoms with E-state index in [2.05, 4.69) is 26.6 Å². The van der Waals surface area contributed by atoms with Crippen LogP contribution in [0.15, 0.2) is 77.3 Å². The van der Waals surface area contributed by atoms with Gasteiger partial charge < -0.3 is 15.4 Å². The molecule has 0 saturated heterocycles. The van der Waals surface area contributed by atoms with Gasteiger partial charge in [-0.05, 0) is 65.3 Å². The molecule has 2 N–H and O–H groups in total. The minimum absolute atomic E-state index is 0.318. The van der Waals surface area contributed by atoms with Gasteiger partial charge in [-0.1, -0.05) is 41.9 Å². The first-order valence-electron chi connectivity index (χ1n) is 8.82.